The van der Waals surface area contributed by atoms with E-state index in [1.54, 1.807) is 11.8 Å². The number of halogens is 1. The lowest BCUT2D eigenvalue weighted by atomic mass is 10.1. The number of para-hydroxylation sites is 1. The summed E-state index contributed by atoms with van der Waals surface area (Å²) >= 11 is 1.76. The zero-order chi connectivity index (χ0) is 14.3. The zero-order valence-corrected chi connectivity index (χ0v) is 14.1. The molecule has 0 N–H and O–H groups in total. The molecular weight excluding hydrogens is 306 g/mol. The number of thioether (sulfide) groups is 1. The molecule has 1 saturated heterocycles. The number of likely N-dealkylation sites (N-methyl/N-ethyl adjacent to an activating group) is 1. The van der Waals surface area contributed by atoms with Crippen molar-refractivity contribution in [1.82, 2.24) is 9.80 Å². The van der Waals surface area contributed by atoms with E-state index in [1.807, 2.05) is 37.2 Å². The summed E-state index contributed by atoms with van der Waals surface area (Å²) in [5.41, 5.74) is 0.981. The Balaban J connectivity index is 0.00000161. The Bertz CT molecular complexity index is 590. The fraction of sp³-hybridized carbons (Fsp3) is 0.467. The van der Waals surface area contributed by atoms with Gasteiger partial charge in [-0.2, -0.15) is 0 Å². The molecule has 0 aromatic heterocycles. The quantitative estimate of drug-likeness (QED) is 0.857. The van der Waals surface area contributed by atoms with Crippen molar-refractivity contribution in [3.63, 3.8) is 0 Å². The van der Waals surface area contributed by atoms with E-state index >= 15 is 0 Å². The maximum absolute atomic E-state index is 12.3. The number of aliphatic imine (C=N–C) groups is 1. The van der Waals surface area contributed by atoms with E-state index in [1.165, 1.54) is 4.90 Å². The first-order valence-electron chi connectivity index (χ1n) is 6.82. The van der Waals surface area contributed by atoms with E-state index < -0.39 is 0 Å². The molecule has 2 heterocycles. The lowest BCUT2D eigenvalue weighted by molar-refractivity contribution is -0.125. The highest BCUT2D eigenvalue weighted by Gasteiger charge is 2.48. The van der Waals surface area contributed by atoms with E-state index in [2.05, 4.69) is 17.9 Å². The molecule has 21 heavy (non-hydrogen) atoms. The third kappa shape index (κ3) is 2.96. The van der Waals surface area contributed by atoms with E-state index in [0.29, 0.717) is 13.0 Å². The first-order valence-corrected chi connectivity index (χ1v) is 7.63. The lowest BCUT2D eigenvalue weighted by Gasteiger charge is -2.30. The molecule has 0 bridgehead atoms. The SMILES string of the molecule is CN(C)CCN1C(=O)CC2(C)Sc3ccccc3N=C12.Cl. The average molecular weight is 326 g/mol. The van der Waals surface area contributed by atoms with Crippen LogP contribution in [0, 0.1) is 0 Å². The summed E-state index contributed by atoms with van der Waals surface area (Å²) in [5, 5.41) is 0. The van der Waals surface area contributed by atoms with Gasteiger partial charge in [-0.3, -0.25) is 9.69 Å². The van der Waals surface area contributed by atoms with Gasteiger partial charge in [0.05, 0.1) is 10.4 Å². The van der Waals surface area contributed by atoms with Gasteiger partial charge in [0.1, 0.15) is 5.84 Å². The molecule has 4 nitrogen and oxygen atoms in total. The normalized spacial score (nSPS) is 23.5. The molecule has 1 unspecified atom stereocenters. The van der Waals surface area contributed by atoms with Gasteiger partial charge in [0, 0.05) is 24.4 Å². The van der Waals surface area contributed by atoms with E-state index in [9.17, 15) is 4.79 Å². The zero-order valence-electron chi connectivity index (χ0n) is 12.5. The second kappa shape index (κ2) is 5.99. The topological polar surface area (TPSA) is 35.9 Å². The van der Waals surface area contributed by atoms with Crippen LogP contribution in [0.25, 0.3) is 0 Å². The van der Waals surface area contributed by atoms with Crippen molar-refractivity contribution in [2.45, 2.75) is 23.0 Å². The molecule has 2 aliphatic rings. The minimum absolute atomic E-state index is 0. The first-order chi connectivity index (χ1) is 9.49. The largest absolute Gasteiger partial charge is 0.308 e. The molecule has 114 valence electrons. The fourth-order valence-electron chi connectivity index (χ4n) is 2.65. The lowest BCUT2D eigenvalue weighted by Crippen LogP contribution is -2.40. The monoisotopic (exact) mass is 325 g/mol. The van der Waals surface area contributed by atoms with Crippen molar-refractivity contribution in [3.8, 4) is 0 Å². The number of amides is 1. The van der Waals surface area contributed by atoms with Crippen LogP contribution in [0.5, 0.6) is 0 Å². The van der Waals surface area contributed by atoms with Gasteiger partial charge < -0.3 is 4.90 Å². The van der Waals surface area contributed by atoms with Crippen LogP contribution in [0.2, 0.25) is 0 Å². The van der Waals surface area contributed by atoms with Gasteiger partial charge in [-0.05, 0) is 33.2 Å². The molecule has 2 aliphatic heterocycles. The molecule has 1 aromatic rings. The van der Waals surface area contributed by atoms with Gasteiger partial charge in [0.15, 0.2) is 0 Å². The van der Waals surface area contributed by atoms with Crippen LogP contribution < -0.4 is 0 Å². The van der Waals surface area contributed by atoms with Gasteiger partial charge in [-0.1, -0.05) is 12.1 Å². The van der Waals surface area contributed by atoms with Gasteiger partial charge in [0.2, 0.25) is 5.91 Å². The number of fused-ring (bicyclic) bond motifs is 2. The molecule has 1 aromatic carbocycles. The number of carbonyl (C=O) groups excluding carboxylic acids is 1. The molecule has 0 aliphatic carbocycles. The Kier molecular flexibility index (Phi) is 4.66. The van der Waals surface area contributed by atoms with Crippen LogP contribution in [0.3, 0.4) is 0 Å². The highest BCUT2D eigenvalue weighted by Crippen LogP contribution is 2.49. The summed E-state index contributed by atoms with van der Waals surface area (Å²) in [5.74, 6) is 1.11. The fourth-order valence-corrected chi connectivity index (χ4v) is 3.94. The molecule has 6 heteroatoms. The van der Waals surface area contributed by atoms with E-state index in [0.717, 1.165) is 18.1 Å². The predicted molar refractivity (Wildman–Crippen MR) is 89.9 cm³/mol. The van der Waals surface area contributed by atoms with Crippen molar-refractivity contribution in [3.05, 3.63) is 24.3 Å². The summed E-state index contributed by atoms with van der Waals surface area (Å²) in [4.78, 5) is 22.2. The summed E-state index contributed by atoms with van der Waals surface area (Å²) in [6.45, 7) is 3.69. The molecule has 1 fully saturated rings. The second-order valence-corrected chi connectivity index (χ2v) is 7.31. The number of amidine groups is 1. The Morgan fingerprint density at radius 2 is 2.10 bits per heavy atom. The van der Waals surface area contributed by atoms with Crippen LogP contribution in [0.1, 0.15) is 13.3 Å². The summed E-state index contributed by atoms with van der Waals surface area (Å²) in [6.07, 6.45) is 0.540. The highest BCUT2D eigenvalue weighted by atomic mass is 35.5. The van der Waals surface area contributed by atoms with Gasteiger partial charge in [-0.25, -0.2) is 4.99 Å². The first kappa shape index (κ1) is 16.3. The molecular formula is C15H20ClN3OS. The Morgan fingerprint density at radius 3 is 2.81 bits per heavy atom. The standard InChI is InChI=1S/C15H19N3OS.ClH/c1-15-10-13(19)18(9-8-17(2)3)14(15)16-11-6-4-5-7-12(11)20-15;/h4-7H,8-10H2,1-3H3;1H. The summed E-state index contributed by atoms with van der Waals surface area (Å²) < 4.78 is -0.211. The molecule has 3 rings (SSSR count). The minimum atomic E-state index is -0.211. The summed E-state index contributed by atoms with van der Waals surface area (Å²) in [6, 6.07) is 8.11. The van der Waals surface area contributed by atoms with Crippen LogP contribution in [0.4, 0.5) is 5.69 Å². The van der Waals surface area contributed by atoms with Gasteiger partial charge in [-0.15, -0.1) is 24.2 Å². The predicted octanol–water partition coefficient (Wildman–Crippen LogP) is 2.80. The highest BCUT2D eigenvalue weighted by molar-refractivity contribution is 8.01. The van der Waals surface area contributed by atoms with Crippen molar-refractivity contribution in [2.24, 2.45) is 4.99 Å². The van der Waals surface area contributed by atoms with Crippen molar-refractivity contribution in [2.75, 3.05) is 27.2 Å². The number of rotatable bonds is 3. The van der Waals surface area contributed by atoms with Crippen LogP contribution in [-0.2, 0) is 4.79 Å². The Labute approximate surface area is 136 Å². The van der Waals surface area contributed by atoms with Crippen LogP contribution >= 0.6 is 24.2 Å². The Morgan fingerprint density at radius 1 is 1.38 bits per heavy atom. The van der Waals surface area contributed by atoms with Gasteiger partial charge in [0.25, 0.3) is 0 Å². The maximum atomic E-state index is 12.3. The molecule has 0 saturated carbocycles. The number of carbonyl (C=O) groups is 1. The molecule has 1 atom stereocenters. The van der Waals surface area contributed by atoms with Crippen LogP contribution in [0.15, 0.2) is 34.2 Å². The van der Waals surface area contributed by atoms with Crippen molar-refractivity contribution >= 4 is 41.6 Å². The average Bonchev–Trinajstić information content (AvgIpc) is 2.62. The van der Waals surface area contributed by atoms with Crippen molar-refractivity contribution in [1.29, 1.82) is 0 Å². The smallest absolute Gasteiger partial charge is 0.229 e. The second-order valence-electron chi connectivity index (χ2n) is 5.76. The third-order valence-corrected chi connectivity index (χ3v) is 5.06. The molecule has 0 radical (unpaired) electrons. The number of likely N-dealkylation sites (tertiary alicyclic amines) is 1. The molecule has 0 spiro atoms. The number of hydrogen-bond donors (Lipinski definition) is 0. The maximum Gasteiger partial charge on any atom is 0.229 e. The Hall–Kier alpha value is -1.04. The number of nitrogens with zero attached hydrogens (tertiary/aromatic N) is 3. The molecule has 1 amide bonds. The number of benzene rings is 1. The number of hydrogen-bond acceptors (Lipinski definition) is 4. The van der Waals surface area contributed by atoms with E-state index in [-0.39, 0.29) is 23.1 Å². The third-order valence-electron chi connectivity index (χ3n) is 3.72. The van der Waals surface area contributed by atoms with Crippen LogP contribution in [-0.4, -0.2) is 53.5 Å². The van der Waals surface area contributed by atoms with E-state index in [4.69, 9.17) is 4.99 Å². The van der Waals surface area contributed by atoms with Crippen molar-refractivity contribution < 1.29 is 4.79 Å². The van der Waals surface area contributed by atoms with Gasteiger partial charge >= 0.3 is 0 Å². The minimum Gasteiger partial charge on any atom is -0.308 e. The summed E-state index contributed by atoms with van der Waals surface area (Å²) in [7, 11) is 4.04.